The Balaban J connectivity index is 2.12. The van der Waals surface area contributed by atoms with Crippen molar-refractivity contribution in [2.45, 2.75) is 44.7 Å². The number of unbranched alkanes of at least 4 members (excludes halogenated alkanes) is 1. The fourth-order valence-electron chi connectivity index (χ4n) is 3.01. The summed E-state index contributed by atoms with van der Waals surface area (Å²) in [5.74, 6) is -1.04. The molecule has 2 aromatic rings. The van der Waals surface area contributed by atoms with E-state index >= 15 is 0 Å². The molecule has 7 nitrogen and oxygen atoms in total. The lowest BCUT2D eigenvalue weighted by molar-refractivity contribution is -0.145. The first-order chi connectivity index (χ1) is 15.0. The van der Waals surface area contributed by atoms with Crippen molar-refractivity contribution in [3.63, 3.8) is 0 Å². The second-order valence-corrected chi connectivity index (χ2v) is 7.15. The molecule has 0 bridgehead atoms. The van der Waals surface area contributed by atoms with Gasteiger partial charge >= 0.3 is 12.1 Å². The minimum atomic E-state index is -0.903. The first-order valence-corrected chi connectivity index (χ1v) is 10.4. The summed E-state index contributed by atoms with van der Waals surface area (Å²) in [7, 11) is 1.28. The third kappa shape index (κ3) is 8.50. The zero-order valence-corrected chi connectivity index (χ0v) is 18.0. The third-order valence-corrected chi connectivity index (χ3v) is 4.71. The van der Waals surface area contributed by atoms with E-state index in [-0.39, 0.29) is 19.4 Å². The van der Waals surface area contributed by atoms with Crippen molar-refractivity contribution in [1.82, 2.24) is 10.6 Å². The van der Waals surface area contributed by atoms with Crippen molar-refractivity contribution in [2.75, 3.05) is 13.7 Å². The largest absolute Gasteiger partial charge is 0.467 e. The van der Waals surface area contributed by atoms with Crippen molar-refractivity contribution in [3.05, 3.63) is 71.8 Å². The van der Waals surface area contributed by atoms with Crippen molar-refractivity contribution >= 4 is 18.0 Å². The van der Waals surface area contributed by atoms with Gasteiger partial charge in [0.15, 0.2) is 0 Å². The highest BCUT2D eigenvalue weighted by Gasteiger charge is 2.28. The smallest absolute Gasteiger partial charge is 0.407 e. The van der Waals surface area contributed by atoms with Crippen LogP contribution in [0.4, 0.5) is 4.79 Å². The lowest BCUT2D eigenvalue weighted by Gasteiger charge is -2.22. The highest BCUT2D eigenvalue weighted by atomic mass is 16.5. The molecule has 0 aromatic heterocycles. The van der Waals surface area contributed by atoms with E-state index in [1.165, 1.54) is 7.11 Å². The number of nitrogens with one attached hydrogen (secondary N) is 2. The molecule has 31 heavy (non-hydrogen) atoms. The maximum absolute atomic E-state index is 13.0. The van der Waals surface area contributed by atoms with Crippen LogP contribution in [0.2, 0.25) is 0 Å². The highest BCUT2D eigenvalue weighted by molar-refractivity contribution is 5.90. The Bertz CT molecular complexity index is 826. The Labute approximate surface area is 183 Å². The molecule has 0 unspecified atom stereocenters. The molecule has 0 heterocycles. The Morgan fingerprint density at radius 3 is 1.90 bits per heavy atom. The van der Waals surface area contributed by atoms with E-state index in [0.29, 0.717) is 0 Å². The van der Waals surface area contributed by atoms with Crippen LogP contribution in [-0.4, -0.2) is 43.8 Å². The number of methoxy groups -OCH3 is 1. The number of rotatable bonds is 11. The van der Waals surface area contributed by atoms with Crippen LogP contribution in [0.25, 0.3) is 0 Å². The van der Waals surface area contributed by atoms with Crippen LogP contribution in [0, 0.1) is 0 Å². The van der Waals surface area contributed by atoms with Gasteiger partial charge in [0.05, 0.1) is 13.7 Å². The van der Waals surface area contributed by atoms with Crippen LogP contribution >= 0.6 is 0 Å². The van der Waals surface area contributed by atoms with E-state index < -0.39 is 30.1 Å². The molecular weight excluding hydrogens is 396 g/mol. The molecule has 0 fully saturated rings. The summed E-state index contributed by atoms with van der Waals surface area (Å²) in [5.41, 5.74) is 1.75. The van der Waals surface area contributed by atoms with Crippen LogP contribution in [-0.2, 0) is 31.9 Å². The van der Waals surface area contributed by atoms with Crippen molar-refractivity contribution in [1.29, 1.82) is 0 Å². The summed E-state index contributed by atoms with van der Waals surface area (Å²) < 4.78 is 10.0. The van der Waals surface area contributed by atoms with Gasteiger partial charge in [0.1, 0.15) is 12.1 Å². The quantitative estimate of drug-likeness (QED) is 0.426. The molecule has 0 aliphatic heterocycles. The van der Waals surface area contributed by atoms with Gasteiger partial charge in [0.25, 0.3) is 0 Å². The van der Waals surface area contributed by atoms with Crippen LogP contribution in [0.5, 0.6) is 0 Å². The van der Waals surface area contributed by atoms with Gasteiger partial charge in [0, 0.05) is 12.8 Å². The zero-order valence-electron chi connectivity index (χ0n) is 18.0. The first kappa shape index (κ1) is 23.9. The Hall–Kier alpha value is -3.35. The predicted molar refractivity (Wildman–Crippen MR) is 117 cm³/mol. The molecule has 2 amide bonds. The van der Waals surface area contributed by atoms with Gasteiger partial charge in [-0.3, -0.25) is 4.79 Å². The zero-order chi connectivity index (χ0) is 22.5. The van der Waals surface area contributed by atoms with E-state index in [0.717, 1.165) is 24.0 Å². The van der Waals surface area contributed by atoms with Gasteiger partial charge in [-0.15, -0.1) is 0 Å². The summed E-state index contributed by atoms with van der Waals surface area (Å²) in [6.45, 7) is 2.27. The topological polar surface area (TPSA) is 93.7 Å². The van der Waals surface area contributed by atoms with Gasteiger partial charge < -0.3 is 20.1 Å². The molecule has 0 saturated heterocycles. The Morgan fingerprint density at radius 2 is 1.39 bits per heavy atom. The van der Waals surface area contributed by atoms with E-state index in [1.54, 1.807) is 0 Å². The molecule has 0 radical (unpaired) electrons. The summed E-state index contributed by atoms with van der Waals surface area (Å²) in [4.78, 5) is 37.5. The van der Waals surface area contributed by atoms with E-state index in [2.05, 4.69) is 10.6 Å². The molecule has 2 rings (SSSR count). The van der Waals surface area contributed by atoms with Crippen LogP contribution in [0.3, 0.4) is 0 Å². The lowest BCUT2D eigenvalue weighted by atomic mass is 10.0. The van der Waals surface area contributed by atoms with E-state index in [1.807, 2.05) is 67.6 Å². The average Bonchev–Trinajstić information content (AvgIpc) is 2.79. The maximum atomic E-state index is 13.0. The predicted octanol–water partition coefficient (Wildman–Crippen LogP) is 3.02. The number of carbonyl (C=O) groups excluding carboxylic acids is 3. The molecule has 2 N–H and O–H groups in total. The number of esters is 1. The molecule has 2 aromatic carbocycles. The van der Waals surface area contributed by atoms with Gasteiger partial charge in [0.2, 0.25) is 5.91 Å². The van der Waals surface area contributed by atoms with Crippen molar-refractivity contribution < 1.29 is 23.9 Å². The number of benzene rings is 2. The number of hydrogen-bond donors (Lipinski definition) is 2. The lowest BCUT2D eigenvalue weighted by Crippen LogP contribution is -2.53. The molecule has 166 valence electrons. The van der Waals surface area contributed by atoms with Crippen LogP contribution in [0.1, 0.15) is 30.9 Å². The number of alkyl carbamates (subject to hydrolysis) is 1. The molecule has 7 heteroatoms. The summed E-state index contributed by atoms with van der Waals surface area (Å²) >= 11 is 0. The first-order valence-electron chi connectivity index (χ1n) is 10.4. The number of ether oxygens (including phenoxy) is 2. The Kier molecular flexibility index (Phi) is 10.1. The molecule has 0 aliphatic rings. The SMILES string of the molecule is CCCCOC(=O)N[C@@H](Cc1ccccc1)C(=O)N[C@@H](Cc1ccccc1)C(=O)OC. The summed E-state index contributed by atoms with van der Waals surface area (Å²) in [6, 6.07) is 16.9. The average molecular weight is 427 g/mol. The van der Waals surface area contributed by atoms with Gasteiger partial charge in [-0.05, 0) is 17.5 Å². The monoisotopic (exact) mass is 426 g/mol. The van der Waals surface area contributed by atoms with E-state index in [4.69, 9.17) is 9.47 Å². The number of amides is 2. The third-order valence-electron chi connectivity index (χ3n) is 4.71. The van der Waals surface area contributed by atoms with Gasteiger partial charge in [-0.25, -0.2) is 9.59 Å². The summed E-state index contributed by atoms with van der Waals surface area (Å²) in [5, 5.41) is 5.35. The van der Waals surface area contributed by atoms with Crippen LogP contribution < -0.4 is 10.6 Å². The maximum Gasteiger partial charge on any atom is 0.407 e. The van der Waals surface area contributed by atoms with Gasteiger partial charge in [-0.1, -0.05) is 74.0 Å². The fourth-order valence-corrected chi connectivity index (χ4v) is 3.01. The Morgan fingerprint density at radius 1 is 0.839 bits per heavy atom. The minimum Gasteiger partial charge on any atom is -0.467 e. The van der Waals surface area contributed by atoms with Crippen molar-refractivity contribution in [3.8, 4) is 0 Å². The number of hydrogen-bond acceptors (Lipinski definition) is 5. The molecular formula is C24H30N2O5. The molecule has 0 saturated carbocycles. The highest BCUT2D eigenvalue weighted by Crippen LogP contribution is 2.08. The second-order valence-electron chi connectivity index (χ2n) is 7.15. The number of carbonyl (C=O) groups is 3. The molecule has 0 aliphatic carbocycles. The van der Waals surface area contributed by atoms with Gasteiger partial charge in [-0.2, -0.15) is 0 Å². The normalized spacial score (nSPS) is 12.3. The standard InChI is InChI=1S/C24H30N2O5/c1-3-4-15-31-24(29)26-20(16-18-11-7-5-8-12-18)22(27)25-21(23(28)30-2)17-19-13-9-6-10-14-19/h5-14,20-21H,3-4,15-17H2,1-2H3,(H,25,27)(H,26,29)/t20-,21-/m0/s1. The van der Waals surface area contributed by atoms with E-state index in [9.17, 15) is 14.4 Å². The second kappa shape index (κ2) is 13.1. The molecule has 2 atom stereocenters. The molecule has 0 spiro atoms. The van der Waals surface area contributed by atoms with Crippen molar-refractivity contribution in [2.24, 2.45) is 0 Å². The van der Waals surface area contributed by atoms with Crippen LogP contribution in [0.15, 0.2) is 60.7 Å². The minimum absolute atomic E-state index is 0.259. The fraction of sp³-hybridized carbons (Fsp3) is 0.375. The summed E-state index contributed by atoms with van der Waals surface area (Å²) in [6.07, 6.45) is 1.50.